The molecule has 0 aliphatic carbocycles. The van der Waals surface area contributed by atoms with Crippen LogP contribution in [0, 0.1) is 0 Å². The number of aromatic hydroxyl groups is 1. The summed E-state index contributed by atoms with van der Waals surface area (Å²) in [6.07, 6.45) is 3.88. The third-order valence-electron chi connectivity index (χ3n) is 4.14. The molecule has 2 N–H and O–H groups in total. The summed E-state index contributed by atoms with van der Waals surface area (Å²) >= 11 is 0. The van der Waals surface area contributed by atoms with E-state index in [4.69, 9.17) is 0 Å². The monoisotopic (exact) mass is 294 g/mol. The molecule has 0 radical (unpaired) electrons. The van der Waals surface area contributed by atoms with Crippen LogP contribution in [0.1, 0.15) is 0 Å². The summed E-state index contributed by atoms with van der Waals surface area (Å²) in [7, 11) is 0. The van der Waals surface area contributed by atoms with Gasteiger partial charge in [0.05, 0.1) is 17.3 Å². The predicted octanol–water partition coefficient (Wildman–Crippen LogP) is 2.12. The highest BCUT2D eigenvalue weighted by Gasteiger charge is 2.13. The van der Waals surface area contributed by atoms with Crippen molar-refractivity contribution in [1.82, 2.24) is 14.7 Å². The van der Waals surface area contributed by atoms with Gasteiger partial charge in [0.15, 0.2) is 0 Å². The van der Waals surface area contributed by atoms with Crippen molar-refractivity contribution >= 4 is 11.2 Å². The van der Waals surface area contributed by atoms with E-state index in [-0.39, 0.29) is 5.75 Å². The van der Waals surface area contributed by atoms with Crippen LogP contribution in [0.5, 0.6) is 5.75 Å². The standard InChI is InChI=1S/C17H18N4O/c22-16-4-2-1-3-15(16)17-19-12-14-11-13(5-8-21(14)17)20-9-6-18-7-10-20/h1-5,8,11-12,18,22H,6-7,9-10H2. The number of phenols is 1. The number of pyridine rings is 1. The Morgan fingerprint density at radius 3 is 2.73 bits per heavy atom. The molecular weight excluding hydrogens is 276 g/mol. The first kappa shape index (κ1) is 13.2. The Morgan fingerprint density at radius 1 is 1.09 bits per heavy atom. The van der Waals surface area contributed by atoms with Crippen molar-refractivity contribution in [3.63, 3.8) is 0 Å². The number of hydrogen-bond acceptors (Lipinski definition) is 4. The molecule has 1 saturated heterocycles. The number of nitrogens with one attached hydrogen (secondary N) is 1. The first-order valence-corrected chi connectivity index (χ1v) is 7.54. The zero-order chi connectivity index (χ0) is 14.9. The number of para-hydroxylation sites is 1. The number of rotatable bonds is 2. The van der Waals surface area contributed by atoms with Crippen LogP contribution in [0.4, 0.5) is 5.69 Å². The van der Waals surface area contributed by atoms with Crippen molar-refractivity contribution < 1.29 is 5.11 Å². The Hall–Kier alpha value is -2.53. The number of anilines is 1. The lowest BCUT2D eigenvalue weighted by molar-refractivity contribution is 0.477. The van der Waals surface area contributed by atoms with Crippen LogP contribution in [-0.4, -0.2) is 40.7 Å². The zero-order valence-electron chi connectivity index (χ0n) is 12.2. The fraction of sp³-hybridized carbons (Fsp3) is 0.235. The van der Waals surface area contributed by atoms with Crippen LogP contribution in [0.2, 0.25) is 0 Å². The van der Waals surface area contributed by atoms with E-state index < -0.39 is 0 Å². The maximum absolute atomic E-state index is 10.0. The van der Waals surface area contributed by atoms with E-state index in [2.05, 4.69) is 27.3 Å². The summed E-state index contributed by atoms with van der Waals surface area (Å²) in [5.41, 5.74) is 3.00. The molecule has 22 heavy (non-hydrogen) atoms. The summed E-state index contributed by atoms with van der Waals surface area (Å²) in [5, 5.41) is 13.4. The number of hydrogen-bond donors (Lipinski definition) is 2. The Bertz CT molecular complexity index is 805. The molecule has 3 heterocycles. The summed E-state index contributed by atoms with van der Waals surface area (Å²) in [6.45, 7) is 4.09. The fourth-order valence-electron chi connectivity index (χ4n) is 2.97. The number of benzene rings is 1. The first-order chi connectivity index (χ1) is 10.8. The lowest BCUT2D eigenvalue weighted by Crippen LogP contribution is -2.43. The topological polar surface area (TPSA) is 52.8 Å². The average molecular weight is 294 g/mol. The predicted molar refractivity (Wildman–Crippen MR) is 87.4 cm³/mol. The third kappa shape index (κ3) is 2.19. The van der Waals surface area contributed by atoms with E-state index in [1.165, 1.54) is 5.69 Å². The minimum absolute atomic E-state index is 0.251. The number of piperazine rings is 1. The van der Waals surface area contributed by atoms with Gasteiger partial charge in [-0.1, -0.05) is 12.1 Å². The van der Waals surface area contributed by atoms with Gasteiger partial charge in [-0.3, -0.25) is 4.40 Å². The van der Waals surface area contributed by atoms with Gasteiger partial charge in [0, 0.05) is 38.1 Å². The van der Waals surface area contributed by atoms with Crippen molar-refractivity contribution in [1.29, 1.82) is 0 Å². The molecule has 0 amide bonds. The van der Waals surface area contributed by atoms with Gasteiger partial charge in [-0.15, -0.1) is 0 Å². The van der Waals surface area contributed by atoms with E-state index in [1.807, 2.05) is 35.0 Å². The fourth-order valence-corrected chi connectivity index (χ4v) is 2.97. The molecule has 1 aliphatic heterocycles. The molecule has 3 aromatic rings. The molecule has 112 valence electrons. The van der Waals surface area contributed by atoms with Gasteiger partial charge < -0.3 is 15.3 Å². The second-order valence-corrected chi connectivity index (χ2v) is 5.52. The normalized spacial score (nSPS) is 15.4. The minimum Gasteiger partial charge on any atom is -0.507 e. The average Bonchev–Trinajstić information content (AvgIpc) is 2.99. The van der Waals surface area contributed by atoms with Gasteiger partial charge in [-0.05, 0) is 24.3 Å². The quantitative estimate of drug-likeness (QED) is 0.760. The van der Waals surface area contributed by atoms with Crippen LogP contribution in [0.25, 0.3) is 16.9 Å². The molecule has 1 aromatic carbocycles. The highest BCUT2D eigenvalue weighted by Crippen LogP contribution is 2.29. The lowest BCUT2D eigenvalue weighted by Gasteiger charge is -2.29. The van der Waals surface area contributed by atoms with Gasteiger partial charge in [0.2, 0.25) is 0 Å². The SMILES string of the molecule is Oc1ccccc1-c1ncc2cc(N3CCNCC3)ccn12. The summed E-state index contributed by atoms with van der Waals surface area (Å²) in [5.74, 6) is 1.01. The molecule has 0 saturated carbocycles. The smallest absolute Gasteiger partial charge is 0.148 e. The Balaban J connectivity index is 1.76. The molecule has 0 atom stereocenters. The maximum Gasteiger partial charge on any atom is 0.148 e. The summed E-state index contributed by atoms with van der Waals surface area (Å²) in [4.78, 5) is 6.86. The van der Waals surface area contributed by atoms with Gasteiger partial charge >= 0.3 is 0 Å². The number of fused-ring (bicyclic) bond motifs is 1. The van der Waals surface area contributed by atoms with Crippen LogP contribution in [0.15, 0.2) is 48.8 Å². The Kier molecular flexibility index (Phi) is 3.20. The Morgan fingerprint density at radius 2 is 1.91 bits per heavy atom. The molecule has 4 rings (SSSR count). The van der Waals surface area contributed by atoms with E-state index in [1.54, 1.807) is 6.07 Å². The number of phenolic OH excluding ortho intramolecular Hbond substituents is 1. The molecule has 1 aliphatic rings. The van der Waals surface area contributed by atoms with E-state index in [0.717, 1.165) is 43.1 Å². The molecule has 0 unspecified atom stereocenters. The molecule has 5 heteroatoms. The number of aromatic nitrogens is 2. The van der Waals surface area contributed by atoms with Crippen LogP contribution in [0.3, 0.4) is 0 Å². The number of imidazole rings is 1. The van der Waals surface area contributed by atoms with Gasteiger partial charge in [-0.25, -0.2) is 4.98 Å². The van der Waals surface area contributed by atoms with Crippen molar-refractivity contribution in [2.75, 3.05) is 31.1 Å². The molecule has 2 aromatic heterocycles. The second kappa shape index (κ2) is 5.35. The first-order valence-electron chi connectivity index (χ1n) is 7.54. The minimum atomic E-state index is 0.251. The van der Waals surface area contributed by atoms with Crippen molar-refractivity contribution in [3.8, 4) is 17.1 Å². The van der Waals surface area contributed by atoms with Crippen molar-refractivity contribution in [3.05, 3.63) is 48.8 Å². The largest absolute Gasteiger partial charge is 0.507 e. The maximum atomic E-state index is 10.0. The third-order valence-corrected chi connectivity index (χ3v) is 4.14. The lowest BCUT2D eigenvalue weighted by atomic mass is 10.2. The summed E-state index contributed by atoms with van der Waals surface area (Å²) in [6, 6.07) is 11.6. The Labute approximate surface area is 128 Å². The van der Waals surface area contributed by atoms with Crippen LogP contribution >= 0.6 is 0 Å². The zero-order valence-corrected chi connectivity index (χ0v) is 12.2. The highest BCUT2D eigenvalue weighted by atomic mass is 16.3. The molecule has 0 bridgehead atoms. The highest BCUT2D eigenvalue weighted by molar-refractivity contribution is 5.70. The van der Waals surface area contributed by atoms with Crippen LogP contribution < -0.4 is 10.2 Å². The van der Waals surface area contributed by atoms with E-state index in [0.29, 0.717) is 0 Å². The molecule has 1 fully saturated rings. The van der Waals surface area contributed by atoms with Gasteiger partial charge in [-0.2, -0.15) is 0 Å². The van der Waals surface area contributed by atoms with Gasteiger partial charge in [0.1, 0.15) is 11.6 Å². The van der Waals surface area contributed by atoms with E-state index >= 15 is 0 Å². The van der Waals surface area contributed by atoms with E-state index in [9.17, 15) is 5.11 Å². The molecule has 5 nitrogen and oxygen atoms in total. The molecular formula is C17H18N4O. The summed E-state index contributed by atoms with van der Waals surface area (Å²) < 4.78 is 2.01. The second-order valence-electron chi connectivity index (χ2n) is 5.52. The number of nitrogens with zero attached hydrogens (tertiary/aromatic N) is 3. The van der Waals surface area contributed by atoms with Crippen molar-refractivity contribution in [2.24, 2.45) is 0 Å². The van der Waals surface area contributed by atoms with Gasteiger partial charge in [0.25, 0.3) is 0 Å². The van der Waals surface area contributed by atoms with Crippen molar-refractivity contribution in [2.45, 2.75) is 0 Å². The molecule has 0 spiro atoms. The van der Waals surface area contributed by atoms with Crippen LogP contribution in [-0.2, 0) is 0 Å².